The number of ether oxygens (including phenoxy) is 1. The second kappa shape index (κ2) is 9.97. The van der Waals surface area contributed by atoms with Crippen molar-refractivity contribution in [1.82, 2.24) is 29.5 Å². The Morgan fingerprint density at radius 3 is 2.74 bits per heavy atom. The minimum atomic E-state index is -0.747. The smallest absolute Gasteiger partial charge is 0.254 e. The van der Waals surface area contributed by atoms with Crippen LogP contribution in [0.25, 0.3) is 27.9 Å². The average molecular weight is 508 g/mol. The first-order valence-corrected chi connectivity index (χ1v) is 12.3. The molecule has 10 heteroatoms. The van der Waals surface area contributed by atoms with Crippen LogP contribution in [0.5, 0.6) is 0 Å². The average Bonchev–Trinajstić information content (AvgIpc) is 3.58. The molecule has 190 valence electrons. The van der Waals surface area contributed by atoms with Crippen LogP contribution in [-0.4, -0.2) is 73.0 Å². The number of fused-ring (bicyclic) bond motifs is 2. The largest absolute Gasteiger partial charge is 0.378 e. The van der Waals surface area contributed by atoms with E-state index < -0.39 is 6.23 Å². The maximum absolute atomic E-state index is 12.8. The third kappa shape index (κ3) is 4.68. The van der Waals surface area contributed by atoms with Crippen molar-refractivity contribution in [3.8, 4) is 23.1 Å². The number of aliphatic hydroxyl groups is 1. The number of imidazole rings is 1. The molecule has 1 saturated heterocycles. The van der Waals surface area contributed by atoms with E-state index in [2.05, 4.69) is 32.1 Å². The number of H-pyrrole nitrogens is 1. The Bertz CT molecular complexity index is 1690. The van der Waals surface area contributed by atoms with Gasteiger partial charge in [0, 0.05) is 41.4 Å². The summed E-state index contributed by atoms with van der Waals surface area (Å²) in [7, 11) is 0. The highest BCUT2D eigenvalue weighted by molar-refractivity contribution is 5.94. The second-order valence-electron chi connectivity index (χ2n) is 8.98. The Morgan fingerprint density at radius 2 is 1.95 bits per heavy atom. The number of aromatic nitrogens is 5. The molecular formula is C28H25N7O3. The molecule has 6 rings (SSSR count). The fraction of sp³-hybridized carbons (Fsp3) is 0.214. The molecule has 0 spiro atoms. The van der Waals surface area contributed by atoms with Crippen molar-refractivity contribution in [1.29, 1.82) is 0 Å². The van der Waals surface area contributed by atoms with Gasteiger partial charge in [0.2, 0.25) is 0 Å². The van der Waals surface area contributed by atoms with E-state index in [0.717, 1.165) is 22.2 Å². The molecule has 1 aliphatic rings. The van der Waals surface area contributed by atoms with E-state index in [1.54, 1.807) is 29.9 Å². The number of rotatable bonds is 4. The number of carbonyl (C=O) groups is 1. The minimum Gasteiger partial charge on any atom is -0.378 e. The Balaban J connectivity index is 1.30. The van der Waals surface area contributed by atoms with Gasteiger partial charge in [-0.1, -0.05) is 18.1 Å². The van der Waals surface area contributed by atoms with Gasteiger partial charge in [0.25, 0.3) is 5.91 Å². The lowest BCUT2D eigenvalue weighted by Gasteiger charge is -2.26. The Morgan fingerprint density at radius 1 is 1.13 bits per heavy atom. The summed E-state index contributed by atoms with van der Waals surface area (Å²) < 4.78 is 7.05. The lowest BCUT2D eigenvalue weighted by molar-refractivity contribution is 0.0303. The molecule has 1 atom stereocenters. The van der Waals surface area contributed by atoms with Crippen LogP contribution in [0.2, 0.25) is 0 Å². The number of morpholine rings is 1. The molecule has 10 nitrogen and oxygen atoms in total. The van der Waals surface area contributed by atoms with Gasteiger partial charge in [-0.05, 0) is 49.2 Å². The second-order valence-corrected chi connectivity index (χ2v) is 8.98. The monoisotopic (exact) mass is 507 g/mol. The van der Waals surface area contributed by atoms with Gasteiger partial charge in [-0.15, -0.1) is 0 Å². The zero-order valence-corrected chi connectivity index (χ0v) is 20.7. The topological polar surface area (TPSA) is 121 Å². The lowest BCUT2D eigenvalue weighted by atomic mass is 10.1. The van der Waals surface area contributed by atoms with Crippen LogP contribution in [0.15, 0.2) is 60.9 Å². The molecule has 0 bridgehead atoms. The summed E-state index contributed by atoms with van der Waals surface area (Å²) >= 11 is 0. The summed E-state index contributed by atoms with van der Waals surface area (Å²) in [6, 6.07) is 15.0. The SMILES string of the molecule is CC(O)Nc1cc(C#Cc2cnc3ccc(-c4ccc(C(=O)N5CCOCC5)cc4)nn23)c2cc[nH]c2n1. The summed E-state index contributed by atoms with van der Waals surface area (Å²) in [6.07, 6.45) is 2.74. The minimum absolute atomic E-state index is 0.00915. The van der Waals surface area contributed by atoms with Gasteiger partial charge in [-0.3, -0.25) is 4.79 Å². The van der Waals surface area contributed by atoms with Crippen molar-refractivity contribution in [2.45, 2.75) is 13.2 Å². The van der Waals surface area contributed by atoms with E-state index in [-0.39, 0.29) is 5.91 Å². The zero-order chi connectivity index (χ0) is 26.1. The van der Waals surface area contributed by atoms with Crippen LogP contribution in [0.3, 0.4) is 0 Å². The van der Waals surface area contributed by atoms with Crippen molar-refractivity contribution < 1.29 is 14.6 Å². The van der Waals surface area contributed by atoms with E-state index in [4.69, 9.17) is 9.84 Å². The number of amides is 1. The molecule has 1 aromatic carbocycles. The number of aromatic amines is 1. The molecule has 1 amide bonds. The number of pyridine rings is 1. The Kier molecular flexibility index (Phi) is 6.21. The number of benzene rings is 1. The summed E-state index contributed by atoms with van der Waals surface area (Å²) in [5.74, 6) is 6.92. The predicted octanol–water partition coefficient (Wildman–Crippen LogP) is 2.90. The third-order valence-electron chi connectivity index (χ3n) is 6.30. The van der Waals surface area contributed by atoms with Gasteiger partial charge in [0.1, 0.15) is 23.4 Å². The first-order valence-electron chi connectivity index (χ1n) is 12.3. The summed E-state index contributed by atoms with van der Waals surface area (Å²) in [4.78, 5) is 26.6. The van der Waals surface area contributed by atoms with Crippen molar-refractivity contribution >= 4 is 28.4 Å². The van der Waals surface area contributed by atoms with Crippen LogP contribution in [0, 0.1) is 11.8 Å². The van der Waals surface area contributed by atoms with Gasteiger partial charge >= 0.3 is 0 Å². The molecule has 1 aliphatic heterocycles. The van der Waals surface area contributed by atoms with E-state index in [1.807, 2.05) is 47.4 Å². The number of anilines is 1. The maximum Gasteiger partial charge on any atom is 0.254 e. The molecule has 3 N–H and O–H groups in total. The summed E-state index contributed by atoms with van der Waals surface area (Å²) in [5.41, 5.74) is 5.00. The standard InChI is InChI=1S/C28H25N7O3/c1-18(36)31-25-16-21(23-10-11-29-27(23)32-25)6-7-22-17-30-26-9-8-24(33-35(22)26)19-2-4-20(5-3-19)28(37)34-12-14-38-15-13-34/h2-5,8-11,16-18,36H,12-15H2,1H3,(H2,29,31,32). The predicted molar refractivity (Wildman–Crippen MR) is 143 cm³/mol. The first kappa shape index (κ1) is 23.7. The van der Waals surface area contributed by atoms with Crippen LogP contribution in [-0.2, 0) is 4.74 Å². The fourth-order valence-corrected chi connectivity index (χ4v) is 4.41. The Hall–Kier alpha value is -4.72. The molecule has 1 fully saturated rings. The van der Waals surface area contributed by atoms with Crippen LogP contribution in [0.1, 0.15) is 28.5 Å². The molecule has 5 heterocycles. The highest BCUT2D eigenvalue weighted by Crippen LogP contribution is 2.21. The summed E-state index contributed by atoms with van der Waals surface area (Å²) in [5, 5.41) is 18.2. The highest BCUT2D eigenvalue weighted by Gasteiger charge is 2.18. The number of hydrogen-bond donors (Lipinski definition) is 3. The van der Waals surface area contributed by atoms with Crippen LogP contribution in [0.4, 0.5) is 5.82 Å². The maximum atomic E-state index is 12.8. The molecule has 5 aromatic rings. The van der Waals surface area contributed by atoms with Gasteiger partial charge in [-0.25, -0.2) is 14.5 Å². The van der Waals surface area contributed by atoms with E-state index in [1.165, 1.54) is 0 Å². The molecular weight excluding hydrogens is 482 g/mol. The van der Waals surface area contributed by atoms with Crippen LogP contribution < -0.4 is 5.32 Å². The number of nitrogens with one attached hydrogen (secondary N) is 2. The number of aliphatic hydroxyl groups excluding tert-OH is 1. The molecule has 38 heavy (non-hydrogen) atoms. The molecule has 0 aliphatic carbocycles. The molecule has 0 saturated carbocycles. The fourth-order valence-electron chi connectivity index (χ4n) is 4.41. The van der Waals surface area contributed by atoms with E-state index >= 15 is 0 Å². The van der Waals surface area contributed by atoms with Crippen molar-refractivity contribution in [2.24, 2.45) is 0 Å². The number of hydrogen-bond acceptors (Lipinski definition) is 7. The molecule has 0 radical (unpaired) electrons. The normalized spacial score (nSPS) is 14.3. The third-order valence-corrected chi connectivity index (χ3v) is 6.30. The lowest BCUT2D eigenvalue weighted by Crippen LogP contribution is -2.40. The van der Waals surface area contributed by atoms with E-state index in [9.17, 15) is 9.90 Å². The summed E-state index contributed by atoms with van der Waals surface area (Å²) in [6.45, 7) is 3.98. The molecule has 4 aromatic heterocycles. The number of nitrogens with zero attached hydrogens (tertiary/aromatic N) is 5. The highest BCUT2D eigenvalue weighted by atomic mass is 16.5. The first-order chi connectivity index (χ1) is 18.5. The zero-order valence-electron chi connectivity index (χ0n) is 20.7. The van der Waals surface area contributed by atoms with E-state index in [0.29, 0.717) is 54.7 Å². The van der Waals surface area contributed by atoms with Crippen molar-refractivity contribution in [2.75, 3.05) is 31.6 Å². The van der Waals surface area contributed by atoms with Crippen molar-refractivity contribution in [3.63, 3.8) is 0 Å². The van der Waals surface area contributed by atoms with Crippen molar-refractivity contribution in [3.05, 3.63) is 77.7 Å². The Labute approximate surface area is 218 Å². The van der Waals surface area contributed by atoms with Gasteiger partial charge in [-0.2, -0.15) is 5.10 Å². The van der Waals surface area contributed by atoms with Gasteiger partial charge in [0.15, 0.2) is 5.65 Å². The van der Waals surface area contributed by atoms with Gasteiger partial charge in [0.05, 0.1) is 25.1 Å². The number of carbonyl (C=O) groups excluding carboxylic acids is 1. The molecule has 1 unspecified atom stereocenters. The van der Waals surface area contributed by atoms with Crippen LogP contribution >= 0.6 is 0 Å². The van der Waals surface area contributed by atoms with Gasteiger partial charge < -0.3 is 25.0 Å². The quantitative estimate of drug-likeness (QED) is 0.253.